The van der Waals surface area contributed by atoms with Gasteiger partial charge in [-0.05, 0) is 40.0 Å². The third-order valence-corrected chi connectivity index (χ3v) is 3.05. The van der Waals surface area contributed by atoms with Crippen molar-refractivity contribution in [1.29, 1.82) is 5.26 Å². The molecule has 0 aromatic carbocycles. The average molecular weight is 210 g/mol. The minimum atomic E-state index is 0.00554. The number of hydrogen-bond acceptors (Lipinski definition) is 4. The second-order valence-corrected chi connectivity index (χ2v) is 4.26. The lowest BCUT2D eigenvalue weighted by Gasteiger charge is -2.21. The van der Waals surface area contributed by atoms with E-state index < -0.39 is 0 Å². The van der Waals surface area contributed by atoms with Crippen LogP contribution in [0.2, 0.25) is 0 Å². The number of nitriles is 1. The van der Waals surface area contributed by atoms with Gasteiger partial charge >= 0.3 is 0 Å². The Kier molecular flexibility index (Phi) is 5.62. The van der Waals surface area contributed by atoms with Crippen molar-refractivity contribution in [2.75, 3.05) is 46.8 Å². The predicted molar refractivity (Wildman–Crippen MR) is 61.6 cm³/mol. The van der Waals surface area contributed by atoms with Crippen molar-refractivity contribution in [3.8, 4) is 6.07 Å². The molecule has 1 aliphatic heterocycles. The highest BCUT2D eigenvalue weighted by atomic mass is 15.2. The van der Waals surface area contributed by atoms with E-state index in [2.05, 4.69) is 28.2 Å². The summed E-state index contributed by atoms with van der Waals surface area (Å²) in [5.74, 6) is 0. The first-order valence-corrected chi connectivity index (χ1v) is 5.74. The molecule has 1 atom stereocenters. The van der Waals surface area contributed by atoms with Crippen LogP contribution >= 0.6 is 0 Å². The molecule has 0 saturated carbocycles. The van der Waals surface area contributed by atoms with Gasteiger partial charge in [0.2, 0.25) is 0 Å². The van der Waals surface area contributed by atoms with Gasteiger partial charge in [-0.1, -0.05) is 0 Å². The SMILES string of the molecule is CNC(C#N)CCN1CCCN(C)CC1. The van der Waals surface area contributed by atoms with Crippen molar-refractivity contribution >= 4 is 0 Å². The molecule has 0 aromatic heterocycles. The normalized spacial score (nSPS) is 21.9. The van der Waals surface area contributed by atoms with Crippen molar-refractivity contribution in [1.82, 2.24) is 15.1 Å². The van der Waals surface area contributed by atoms with Gasteiger partial charge in [-0.3, -0.25) is 0 Å². The quantitative estimate of drug-likeness (QED) is 0.716. The molecule has 1 saturated heterocycles. The first-order valence-electron chi connectivity index (χ1n) is 5.74. The number of rotatable bonds is 4. The monoisotopic (exact) mass is 210 g/mol. The van der Waals surface area contributed by atoms with Crippen molar-refractivity contribution in [3.63, 3.8) is 0 Å². The molecule has 1 fully saturated rings. The molecule has 0 bridgehead atoms. The molecule has 1 unspecified atom stereocenters. The van der Waals surface area contributed by atoms with Crippen LogP contribution in [0.3, 0.4) is 0 Å². The van der Waals surface area contributed by atoms with Gasteiger partial charge in [0.25, 0.3) is 0 Å². The zero-order valence-electron chi connectivity index (χ0n) is 9.87. The highest BCUT2D eigenvalue weighted by Gasteiger charge is 2.13. The molecule has 15 heavy (non-hydrogen) atoms. The summed E-state index contributed by atoms with van der Waals surface area (Å²) in [6.07, 6.45) is 2.17. The van der Waals surface area contributed by atoms with Gasteiger partial charge in [-0.15, -0.1) is 0 Å². The molecule has 0 radical (unpaired) electrons. The van der Waals surface area contributed by atoms with Crippen LogP contribution < -0.4 is 5.32 Å². The van der Waals surface area contributed by atoms with Crippen molar-refractivity contribution in [2.24, 2.45) is 0 Å². The van der Waals surface area contributed by atoms with E-state index in [0.29, 0.717) is 0 Å². The van der Waals surface area contributed by atoms with Crippen LogP contribution in [0, 0.1) is 11.3 Å². The molecule has 0 aromatic rings. The summed E-state index contributed by atoms with van der Waals surface area (Å²) >= 11 is 0. The lowest BCUT2D eigenvalue weighted by Crippen LogP contribution is -2.34. The Morgan fingerprint density at radius 2 is 2.13 bits per heavy atom. The third-order valence-electron chi connectivity index (χ3n) is 3.05. The maximum Gasteiger partial charge on any atom is 0.0962 e. The number of nitrogens with one attached hydrogen (secondary N) is 1. The Hall–Kier alpha value is -0.630. The summed E-state index contributed by atoms with van der Waals surface area (Å²) in [4.78, 5) is 4.84. The van der Waals surface area contributed by atoms with Gasteiger partial charge in [-0.25, -0.2) is 0 Å². The fourth-order valence-corrected chi connectivity index (χ4v) is 1.91. The molecule has 0 aliphatic carbocycles. The molecule has 0 spiro atoms. The first-order chi connectivity index (χ1) is 7.26. The Morgan fingerprint density at radius 3 is 2.80 bits per heavy atom. The minimum absolute atomic E-state index is 0.00554. The fourth-order valence-electron chi connectivity index (χ4n) is 1.91. The Bertz CT molecular complexity index is 211. The van der Waals surface area contributed by atoms with Gasteiger partial charge in [0.15, 0.2) is 0 Å². The number of hydrogen-bond donors (Lipinski definition) is 1. The van der Waals surface area contributed by atoms with E-state index in [9.17, 15) is 0 Å². The van der Waals surface area contributed by atoms with Crippen LogP contribution in [-0.4, -0.2) is 62.7 Å². The lowest BCUT2D eigenvalue weighted by molar-refractivity contribution is 0.268. The number of likely N-dealkylation sites (N-methyl/N-ethyl adjacent to an activating group) is 1. The zero-order valence-corrected chi connectivity index (χ0v) is 9.87. The van der Waals surface area contributed by atoms with Gasteiger partial charge in [0.1, 0.15) is 0 Å². The highest BCUT2D eigenvalue weighted by molar-refractivity contribution is 4.89. The van der Waals surface area contributed by atoms with E-state index >= 15 is 0 Å². The Labute approximate surface area is 92.8 Å². The summed E-state index contributed by atoms with van der Waals surface area (Å²) in [6, 6.07) is 2.27. The van der Waals surface area contributed by atoms with E-state index in [4.69, 9.17) is 5.26 Å². The molecule has 86 valence electrons. The van der Waals surface area contributed by atoms with E-state index in [-0.39, 0.29) is 6.04 Å². The second-order valence-electron chi connectivity index (χ2n) is 4.26. The largest absolute Gasteiger partial charge is 0.305 e. The Morgan fingerprint density at radius 1 is 1.33 bits per heavy atom. The predicted octanol–water partition coefficient (Wildman–Crippen LogP) is 0.126. The third kappa shape index (κ3) is 4.61. The molecule has 1 heterocycles. The summed E-state index contributed by atoms with van der Waals surface area (Å²) in [5, 5.41) is 11.8. The van der Waals surface area contributed by atoms with Crippen LogP contribution in [0.5, 0.6) is 0 Å². The Balaban J connectivity index is 2.23. The van der Waals surface area contributed by atoms with E-state index in [1.165, 1.54) is 19.5 Å². The van der Waals surface area contributed by atoms with Gasteiger partial charge in [0.05, 0.1) is 12.1 Å². The molecule has 0 amide bonds. The van der Waals surface area contributed by atoms with Crippen LogP contribution in [-0.2, 0) is 0 Å². The van der Waals surface area contributed by atoms with E-state index in [0.717, 1.165) is 26.1 Å². The van der Waals surface area contributed by atoms with Crippen LogP contribution in [0.25, 0.3) is 0 Å². The van der Waals surface area contributed by atoms with Crippen molar-refractivity contribution in [3.05, 3.63) is 0 Å². The first kappa shape index (κ1) is 12.4. The van der Waals surface area contributed by atoms with Gasteiger partial charge < -0.3 is 15.1 Å². The molecule has 4 nitrogen and oxygen atoms in total. The van der Waals surface area contributed by atoms with Crippen LogP contribution in [0.4, 0.5) is 0 Å². The molecule has 1 aliphatic rings. The summed E-state index contributed by atoms with van der Waals surface area (Å²) in [5.41, 5.74) is 0. The lowest BCUT2D eigenvalue weighted by atomic mass is 10.2. The van der Waals surface area contributed by atoms with Crippen LogP contribution in [0.15, 0.2) is 0 Å². The zero-order chi connectivity index (χ0) is 11.1. The summed E-state index contributed by atoms with van der Waals surface area (Å²) < 4.78 is 0. The van der Waals surface area contributed by atoms with Gasteiger partial charge in [0, 0.05) is 19.6 Å². The van der Waals surface area contributed by atoms with Crippen molar-refractivity contribution in [2.45, 2.75) is 18.9 Å². The number of nitrogens with zero attached hydrogens (tertiary/aromatic N) is 3. The van der Waals surface area contributed by atoms with Crippen LogP contribution in [0.1, 0.15) is 12.8 Å². The van der Waals surface area contributed by atoms with Crippen molar-refractivity contribution < 1.29 is 0 Å². The smallest absolute Gasteiger partial charge is 0.0962 e. The van der Waals surface area contributed by atoms with Gasteiger partial charge in [-0.2, -0.15) is 5.26 Å². The molecule has 1 N–H and O–H groups in total. The maximum atomic E-state index is 8.81. The van der Waals surface area contributed by atoms with E-state index in [1.807, 2.05) is 7.05 Å². The standard InChI is InChI=1S/C11H22N4/c1-13-11(10-12)4-7-15-6-3-5-14(2)8-9-15/h11,13H,3-9H2,1-2H3. The summed E-state index contributed by atoms with van der Waals surface area (Å²) in [6.45, 7) is 5.69. The fraction of sp³-hybridized carbons (Fsp3) is 0.909. The molecular formula is C11H22N4. The second kappa shape index (κ2) is 6.78. The maximum absolute atomic E-state index is 8.81. The molecule has 4 heteroatoms. The molecule has 1 rings (SSSR count). The van der Waals surface area contributed by atoms with E-state index in [1.54, 1.807) is 0 Å². The minimum Gasteiger partial charge on any atom is -0.305 e. The summed E-state index contributed by atoms with van der Waals surface area (Å²) in [7, 11) is 4.03. The average Bonchev–Trinajstić information content (AvgIpc) is 2.45. The molecular weight excluding hydrogens is 188 g/mol. The topological polar surface area (TPSA) is 42.3 Å². The highest BCUT2D eigenvalue weighted by Crippen LogP contribution is 2.02.